The Morgan fingerprint density at radius 3 is 2.07 bits per heavy atom. The standard InChI is InChI=1S/C24H32F4/c1-3-17-5-11-19(12-6-17)20-13-7-18(8-14-20)9-15-21-10-4-16(2)23(25)22(21)24(26,27)28/h3-4,10,17-20H,1,5-9,11-15H2,2H3. The minimum atomic E-state index is -4.63. The third-order valence-electron chi connectivity index (χ3n) is 7.23. The lowest BCUT2D eigenvalue weighted by molar-refractivity contribution is -0.140. The van der Waals surface area contributed by atoms with Gasteiger partial charge in [-0.25, -0.2) is 4.39 Å². The van der Waals surface area contributed by atoms with Crippen LogP contribution in [0.15, 0.2) is 24.8 Å². The predicted octanol–water partition coefficient (Wildman–Crippen LogP) is 7.88. The van der Waals surface area contributed by atoms with E-state index in [1.807, 2.05) is 0 Å². The van der Waals surface area contributed by atoms with Crippen molar-refractivity contribution in [2.45, 2.75) is 77.3 Å². The molecule has 0 spiro atoms. The van der Waals surface area contributed by atoms with Crippen LogP contribution >= 0.6 is 0 Å². The number of hydrogen-bond acceptors (Lipinski definition) is 0. The highest BCUT2D eigenvalue weighted by Crippen LogP contribution is 2.43. The van der Waals surface area contributed by atoms with Crippen LogP contribution in [0.1, 0.15) is 74.5 Å². The summed E-state index contributed by atoms with van der Waals surface area (Å²) in [6.45, 7) is 5.30. The average molecular weight is 397 g/mol. The van der Waals surface area contributed by atoms with Crippen molar-refractivity contribution in [1.29, 1.82) is 0 Å². The molecule has 2 aliphatic rings. The van der Waals surface area contributed by atoms with E-state index in [2.05, 4.69) is 12.7 Å². The molecule has 0 amide bonds. The minimum Gasteiger partial charge on any atom is -0.206 e. The maximum absolute atomic E-state index is 14.1. The maximum atomic E-state index is 14.1. The Morgan fingerprint density at radius 1 is 0.964 bits per heavy atom. The zero-order valence-corrected chi connectivity index (χ0v) is 16.8. The Morgan fingerprint density at radius 2 is 1.54 bits per heavy atom. The van der Waals surface area contributed by atoms with E-state index in [9.17, 15) is 17.6 Å². The van der Waals surface area contributed by atoms with E-state index >= 15 is 0 Å². The van der Waals surface area contributed by atoms with Crippen molar-refractivity contribution in [2.75, 3.05) is 0 Å². The first-order valence-corrected chi connectivity index (χ1v) is 10.8. The molecule has 0 nitrogen and oxygen atoms in total. The average Bonchev–Trinajstić information content (AvgIpc) is 2.68. The zero-order valence-electron chi connectivity index (χ0n) is 16.8. The molecule has 156 valence electrons. The minimum absolute atomic E-state index is 0.0581. The number of allylic oxidation sites excluding steroid dienone is 1. The lowest BCUT2D eigenvalue weighted by Gasteiger charge is -2.37. The maximum Gasteiger partial charge on any atom is 0.419 e. The lowest BCUT2D eigenvalue weighted by Crippen LogP contribution is -2.25. The van der Waals surface area contributed by atoms with Crippen molar-refractivity contribution in [3.63, 3.8) is 0 Å². The Hall–Kier alpha value is -1.32. The third-order valence-corrected chi connectivity index (χ3v) is 7.23. The molecule has 28 heavy (non-hydrogen) atoms. The smallest absolute Gasteiger partial charge is 0.206 e. The van der Waals surface area contributed by atoms with E-state index in [1.54, 1.807) is 0 Å². The van der Waals surface area contributed by atoms with Crippen LogP contribution in [0, 0.1) is 36.4 Å². The van der Waals surface area contributed by atoms with Crippen molar-refractivity contribution >= 4 is 0 Å². The summed E-state index contributed by atoms with van der Waals surface area (Å²) in [6.07, 6.45) is 8.19. The summed E-state index contributed by atoms with van der Waals surface area (Å²) in [5, 5.41) is 0. The number of hydrogen-bond donors (Lipinski definition) is 0. The fraction of sp³-hybridized carbons (Fsp3) is 0.667. The highest BCUT2D eigenvalue weighted by molar-refractivity contribution is 5.35. The van der Waals surface area contributed by atoms with Gasteiger partial charge >= 0.3 is 6.18 Å². The van der Waals surface area contributed by atoms with E-state index in [1.165, 1.54) is 57.6 Å². The van der Waals surface area contributed by atoms with Gasteiger partial charge in [-0.1, -0.05) is 31.1 Å². The first-order valence-electron chi connectivity index (χ1n) is 10.8. The van der Waals surface area contributed by atoms with Crippen molar-refractivity contribution in [3.8, 4) is 0 Å². The van der Waals surface area contributed by atoms with Crippen LogP contribution in [0.3, 0.4) is 0 Å². The molecule has 0 unspecified atom stereocenters. The second-order valence-corrected chi connectivity index (χ2v) is 8.96. The Labute approximate surface area is 166 Å². The van der Waals surface area contributed by atoms with Crippen LogP contribution in [-0.2, 0) is 12.6 Å². The third kappa shape index (κ3) is 4.99. The van der Waals surface area contributed by atoms with Gasteiger partial charge in [-0.05, 0) is 93.1 Å². The first-order chi connectivity index (χ1) is 13.3. The van der Waals surface area contributed by atoms with Crippen LogP contribution in [0.25, 0.3) is 0 Å². The quantitative estimate of drug-likeness (QED) is 0.351. The van der Waals surface area contributed by atoms with Gasteiger partial charge in [-0.3, -0.25) is 0 Å². The van der Waals surface area contributed by atoms with Gasteiger partial charge in [0.1, 0.15) is 5.82 Å². The summed E-state index contributed by atoms with van der Waals surface area (Å²) < 4.78 is 54.1. The van der Waals surface area contributed by atoms with Crippen LogP contribution in [0.4, 0.5) is 17.6 Å². The molecule has 2 aliphatic carbocycles. The zero-order chi connectivity index (χ0) is 20.3. The summed E-state index contributed by atoms with van der Waals surface area (Å²) in [6, 6.07) is 2.93. The van der Waals surface area contributed by atoms with Gasteiger partial charge in [0.05, 0.1) is 5.56 Å². The molecule has 1 aromatic carbocycles. The monoisotopic (exact) mass is 396 g/mol. The molecule has 2 fully saturated rings. The summed E-state index contributed by atoms with van der Waals surface area (Å²) >= 11 is 0. The van der Waals surface area contributed by atoms with E-state index in [0.29, 0.717) is 18.3 Å². The van der Waals surface area contributed by atoms with Crippen molar-refractivity contribution in [2.24, 2.45) is 23.7 Å². The molecule has 0 N–H and O–H groups in total. The largest absolute Gasteiger partial charge is 0.419 e. The van der Waals surface area contributed by atoms with Crippen molar-refractivity contribution in [3.05, 3.63) is 47.3 Å². The second-order valence-electron chi connectivity index (χ2n) is 8.96. The van der Waals surface area contributed by atoms with Gasteiger partial charge in [0, 0.05) is 0 Å². The second kappa shape index (κ2) is 9.00. The molecular formula is C24H32F4. The molecule has 0 aliphatic heterocycles. The predicted molar refractivity (Wildman–Crippen MR) is 106 cm³/mol. The molecule has 1 aromatic rings. The molecular weight excluding hydrogens is 364 g/mol. The van der Waals surface area contributed by atoms with E-state index in [4.69, 9.17) is 0 Å². The van der Waals surface area contributed by atoms with Gasteiger partial charge in [0.15, 0.2) is 0 Å². The first kappa shape index (κ1) is 21.4. The van der Waals surface area contributed by atoms with E-state index in [-0.39, 0.29) is 11.1 Å². The lowest BCUT2D eigenvalue weighted by atomic mass is 9.68. The topological polar surface area (TPSA) is 0 Å². The highest BCUT2D eigenvalue weighted by atomic mass is 19.4. The molecule has 4 heteroatoms. The van der Waals surface area contributed by atoms with Gasteiger partial charge < -0.3 is 0 Å². The Kier molecular flexibility index (Phi) is 6.88. The highest BCUT2D eigenvalue weighted by Gasteiger charge is 2.37. The Balaban J connectivity index is 1.52. The van der Waals surface area contributed by atoms with Crippen molar-refractivity contribution in [1.82, 2.24) is 0 Å². The fourth-order valence-electron chi connectivity index (χ4n) is 5.40. The SMILES string of the molecule is C=CC1CCC(C2CCC(CCc3ccc(C)c(F)c3C(F)(F)F)CC2)CC1. The molecule has 0 aromatic heterocycles. The van der Waals surface area contributed by atoms with Crippen LogP contribution in [0.2, 0.25) is 0 Å². The fourth-order valence-corrected chi connectivity index (χ4v) is 5.40. The molecule has 0 atom stereocenters. The number of halogens is 4. The number of rotatable bonds is 5. The van der Waals surface area contributed by atoms with Crippen molar-refractivity contribution < 1.29 is 17.6 Å². The summed E-state index contributed by atoms with van der Waals surface area (Å²) in [7, 11) is 0. The molecule has 0 saturated heterocycles. The van der Waals surface area contributed by atoms with Gasteiger partial charge in [0.2, 0.25) is 0 Å². The number of benzene rings is 1. The summed E-state index contributed by atoms with van der Waals surface area (Å²) in [5.41, 5.74) is -0.886. The number of aryl methyl sites for hydroxylation is 2. The molecule has 3 rings (SSSR count). The van der Waals surface area contributed by atoms with Crippen LogP contribution in [-0.4, -0.2) is 0 Å². The molecule has 0 radical (unpaired) electrons. The summed E-state index contributed by atoms with van der Waals surface area (Å²) in [5.74, 6) is 1.64. The van der Waals surface area contributed by atoms with Gasteiger partial charge in [0.25, 0.3) is 0 Å². The van der Waals surface area contributed by atoms with Gasteiger partial charge in [-0.15, -0.1) is 6.58 Å². The number of alkyl halides is 3. The Bertz CT molecular complexity index is 660. The summed E-state index contributed by atoms with van der Waals surface area (Å²) in [4.78, 5) is 0. The van der Waals surface area contributed by atoms with Gasteiger partial charge in [-0.2, -0.15) is 13.2 Å². The van der Waals surface area contributed by atoms with Crippen LogP contribution < -0.4 is 0 Å². The molecule has 2 saturated carbocycles. The molecule has 0 bridgehead atoms. The van der Waals surface area contributed by atoms with Crippen LogP contribution in [0.5, 0.6) is 0 Å². The van der Waals surface area contributed by atoms with E-state index in [0.717, 1.165) is 31.1 Å². The molecule has 0 heterocycles. The van der Waals surface area contributed by atoms with E-state index < -0.39 is 17.6 Å². The normalized spacial score (nSPS) is 28.9.